The molecule has 0 radical (unpaired) electrons. The van der Waals surface area contributed by atoms with Crippen molar-refractivity contribution >= 4 is 11.6 Å². The Labute approximate surface area is 105 Å². The van der Waals surface area contributed by atoms with Crippen LogP contribution in [0, 0.1) is 0 Å². The molecule has 0 N–H and O–H groups in total. The molecule has 96 valence electrons. The van der Waals surface area contributed by atoms with Gasteiger partial charge in [-0.05, 0) is 22.1 Å². The lowest BCUT2D eigenvalue weighted by Gasteiger charge is -2.12. The molecular weight excluding hydrogens is 269 g/mol. The number of rotatable bonds is 3. The summed E-state index contributed by atoms with van der Waals surface area (Å²) in [6.07, 6.45) is -4.40. The molecule has 18 heavy (non-hydrogen) atoms. The maximum Gasteiger partial charge on any atom is 0.416 e. The summed E-state index contributed by atoms with van der Waals surface area (Å²) in [4.78, 5) is 0. The predicted molar refractivity (Wildman–Crippen MR) is 57.9 cm³/mol. The maximum absolute atomic E-state index is 12.8. The van der Waals surface area contributed by atoms with E-state index in [1.54, 1.807) is 0 Å². The molecule has 0 aliphatic carbocycles. The van der Waals surface area contributed by atoms with Crippen molar-refractivity contribution in [1.29, 1.82) is 0 Å². The number of hydrogen-bond acceptors (Lipinski definition) is 3. The summed E-state index contributed by atoms with van der Waals surface area (Å²) in [5.74, 6) is 0.370. The Morgan fingerprint density at radius 2 is 1.94 bits per heavy atom. The molecule has 0 fully saturated rings. The highest BCUT2D eigenvalue weighted by molar-refractivity contribution is 6.16. The fourth-order valence-corrected chi connectivity index (χ4v) is 1.73. The quantitative estimate of drug-likeness (QED) is 0.809. The number of benzene rings is 1. The lowest BCUT2D eigenvalue weighted by atomic mass is 10.1. The van der Waals surface area contributed by atoms with E-state index in [2.05, 4.69) is 15.5 Å². The van der Waals surface area contributed by atoms with Gasteiger partial charge in [0.1, 0.15) is 0 Å². The van der Waals surface area contributed by atoms with Crippen LogP contribution in [0.25, 0.3) is 0 Å². The number of hydrogen-bond donors (Lipinski definition) is 0. The van der Waals surface area contributed by atoms with E-state index in [4.69, 9.17) is 11.6 Å². The maximum atomic E-state index is 12.8. The summed E-state index contributed by atoms with van der Waals surface area (Å²) in [5, 5.41) is 10.6. The highest BCUT2D eigenvalue weighted by Gasteiger charge is 2.33. The van der Waals surface area contributed by atoms with Crippen molar-refractivity contribution in [2.45, 2.75) is 18.6 Å². The first kappa shape index (κ1) is 12.8. The predicted octanol–water partition coefficient (Wildman–Crippen LogP) is 2.48. The van der Waals surface area contributed by atoms with Crippen molar-refractivity contribution in [3.05, 3.63) is 41.2 Å². The van der Waals surface area contributed by atoms with Crippen molar-refractivity contribution in [1.82, 2.24) is 20.2 Å². The molecule has 0 aliphatic rings. The van der Waals surface area contributed by atoms with E-state index in [-0.39, 0.29) is 18.0 Å². The van der Waals surface area contributed by atoms with Crippen molar-refractivity contribution in [2.24, 2.45) is 0 Å². The zero-order valence-electron chi connectivity index (χ0n) is 9.02. The van der Waals surface area contributed by atoms with Gasteiger partial charge in [0.25, 0.3) is 0 Å². The number of aromatic nitrogens is 4. The fourth-order valence-electron chi connectivity index (χ4n) is 1.54. The third-order valence-corrected chi connectivity index (χ3v) is 2.61. The van der Waals surface area contributed by atoms with Crippen molar-refractivity contribution < 1.29 is 13.2 Å². The van der Waals surface area contributed by atoms with Crippen LogP contribution < -0.4 is 0 Å². The molecule has 4 nitrogen and oxygen atoms in total. The van der Waals surface area contributed by atoms with Crippen LogP contribution in [0.15, 0.2) is 24.3 Å². The Morgan fingerprint density at radius 1 is 1.22 bits per heavy atom. The van der Waals surface area contributed by atoms with Gasteiger partial charge in [0.15, 0.2) is 5.82 Å². The van der Waals surface area contributed by atoms with Gasteiger partial charge in [0.05, 0.1) is 18.0 Å². The molecule has 0 saturated carbocycles. The Balaban J connectivity index is 2.35. The number of tetrazole rings is 1. The molecule has 1 aromatic heterocycles. The van der Waals surface area contributed by atoms with Crippen LogP contribution in [-0.2, 0) is 18.6 Å². The van der Waals surface area contributed by atoms with Crippen LogP contribution in [0.1, 0.15) is 17.0 Å². The van der Waals surface area contributed by atoms with Gasteiger partial charge in [-0.2, -0.15) is 13.2 Å². The third-order valence-electron chi connectivity index (χ3n) is 2.37. The minimum atomic E-state index is -4.40. The van der Waals surface area contributed by atoms with Gasteiger partial charge in [-0.15, -0.1) is 16.7 Å². The lowest BCUT2D eigenvalue weighted by molar-refractivity contribution is -0.138. The molecule has 2 rings (SSSR count). The first-order chi connectivity index (χ1) is 8.52. The summed E-state index contributed by atoms with van der Waals surface area (Å²) >= 11 is 5.58. The number of alkyl halides is 4. The van der Waals surface area contributed by atoms with E-state index in [0.29, 0.717) is 5.82 Å². The monoisotopic (exact) mass is 276 g/mol. The molecule has 0 atom stereocenters. The van der Waals surface area contributed by atoms with E-state index < -0.39 is 11.7 Å². The SMILES string of the molecule is FC(F)(F)c1ccccc1Cn1nnnc1CCl. The summed E-state index contributed by atoms with van der Waals surface area (Å²) in [6.45, 7) is -0.0647. The van der Waals surface area contributed by atoms with Crippen LogP contribution in [0.4, 0.5) is 13.2 Å². The van der Waals surface area contributed by atoms with E-state index in [0.717, 1.165) is 6.07 Å². The highest BCUT2D eigenvalue weighted by atomic mass is 35.5. The van der Waals surface area contributed by atoms with Gasteiger partial charge in [-0.3, -0.25) is 0 Å². The summed E-state index contributed by atoms with van der Waals surface area (Å²) < 4.78 is 39.6. The van der Waals surface area contributed by atoms with Crippen molar-refractivity contribution in [3.8, 4) is 0 Å². The van der Waals surface area contributed by atoms with Crippen LogP contribution in [-0.4, -0.2) is 20.2 Å². The Kier molecular flexibility index (Phi) is 3.51. The molecule has 0 aliphatic heterocycles. The van der Waals surface area contributed by atoms with Crippen LogP contribution in [0.2, 0.25) is 0 Å². The standard InChI is InChI=1S/C10H8ClF3N4/c11-5-9-15-16-17-18(9)6-7-3-1-2-4-8(7)10(12,13)14/h1-4H,5-6H2. The van der Waals surface area contributed by atoms with Gasteiger partial charge in [-0.1, -0.05) is 18.2 Å². The van der Waals surface area contributed by atoms with E-state index in [1.807, 2.05) is 0 Å². The minimum Gasteiger partial charge on any atom is -0.224 e. The molecule has 0 spiro atoms. The molecule has 0 saturated heterocycles. The Hall–Kier alpha value is -1.63. The Bertz CT molecular complexity index is 538. The number of halogens is 4. The van der Waals surface area contributed by atoms with E-state index in [1.165, 1.54) is 22.9 Å². The summed E-state index contributed by atoms with van der Waals surface area (Å²) in [6, 6.07) is 5.30. The first-order valence-electron chi connectivity index (χ1n) is 4.98. The fraction of sp³-hybridized carbons (Fsp3) is 0.300. The lowest BCUT2D eigenvalue weighted by Crippen LogP contribution is -2.13. The first-order valence-corrected chi connectivity index (χ1v) is 5.52. The molecule has 0 amide bonds. The van der Waals surface area contributed by atoms with Crippen molar-refractivity contribution in [3.63, 3.8) is 0 Å². The third kappa shape index (κ3) is 2.61. The van der Waals surface area contributed by atoms with Gasteiger partial charge in [0, 0.05) is 0 Å². The van der Waals surface area contributed by atoms with Crippen LogP contribution >= 0.6 is 11.6 Å². The normalized spacial score (nSPS) is 11.8. The molecule has 2 aromatic rings. The largest absolute Gasteiger partial charge is 0.416 e. The zero-order valence-corrected chi connectivity index (χ0v) is 9.78. The van der Waals surface area contributed by atoms with Gasteiger partial charge in [0.2, 0.25) is 0 Å². The topological polar surface area (TPSA) is 43.6 Å². The smallest absolute Gasteiger partial charge is 0.224 e. The molecular formula is C10H8ClF3N4. The second kappa shape index (κ2) is 4.93. The van der Waals surface area contributed by atoms with Crippen LogP contribution in [0.5, 0.6) is 0 Å². The Morgan fingerprint density at radius 3 is 2.61 bits per heavy atom. The summed E-state index contributed by atoms with van der Waals surface area (Å²) in [5.41, 5.74) is -0.593. The summed E-state index contributed by atoms with van der Waals surface area (Å²) in [7, 11) is 0. The van der Waals surface area contributed by atoms with Gasteiger partial charge < -0.3 is 0 Å². The second-order valence-corrected chi connectivity index (χ2v) is 3.81. The second-order valence-electron chi connectivity index (χ2n) is 3.54. The van der Waals surface area contributed by atoms with E-state index in [9.17, 15) is 13.2 Å². The van der Waals surface area contributed by atoms with Crippen LogP contribution in [0.3, 0.4) is 0 Å². The van der Waals surface area contributed by atoms with Gasteiger partial charge >= 0.3 is 6.18 Å². The number of nitrogens with zero attached hydrogens (tertiary/aromatic N) is 4. The van der Waals surface area contributed by atoms with Crippen molar-refractivity contribution in [2.75, 3.05) is 0 Å². The minimum absolute atomic E-state index is 0.0428. The molecule has 0 bridgehead atoms. The highest BCUT2D eigenvalue weighted by Crippen LogP contribution is 2.32. The molecule has 8 heteroatoms. The van der Waals surface area contributed by atoms with E-state index >= 15 is 0 Å². The van der Waals surface area contributed by atoms with Gasteiger partial charge in [-0.25, -0.2) is 4.68 Å². The zero-order chi connectivity index (χ0) is 13.2. The average Bonchev–Trinajstić information content (AvgIpc) is 2.75. The molecule has 1 aromatic carbocycles. The average molecular weight is 277 g/mol. The molecule has 0 unspecified atom stereocenters. The molecule has 1 heterocycles.